The van der Waals surface area contributed by atoms with Crippen LogP contribution in [0.25, 0.3) is 0 Å². The Morgan fingerprint density at radius 3 is 2.04 bits per heavy atom. The minimum absolute atomic E-state index is 0.114. The molecule has 2 rings (SSSR count). The number of hydrogen-bond donors (Lipinski definition) is 0. The van der Waals surface area contributed by atoms with Crippen molar-refractivity contribution in [2.75, 3.05) is 6.61 Å². The Morgan fingerprint density at radius 2 is 1.50 bits per heavy atom. The number of hydrogen-bond acceptors (Lipinski definition) is 2. The molecule has 0 saturated carbocycles. The van der Waals surface area contributed by atoms with Crippen LogP contribution in [0.2, 0.25) is 13.1 Å². The van der Waals surface area contributed by atoms with Crippen LogP contribution in [0, 0.1) is 0 Å². The fourth-order valence-electron chi connectivity index (χ4n) is 2.40. The van der Waals surface area contributed by atoms with Crippen molar-refractivity contribution in [1.82, 2.24) is 0 Å². The van der Waals surface area contributed by atoms with Gasteiger partial charge in [-0.25, -0.2) is 0 Å². The van der Waals surface area contributed by atoms with Crippen LogP contribution in [0.5, 0.6) is 0 Å². The van der Waals surface area contributed by atoms with Crippen LogP contribution in [-0.2, 0) is 4.74 Å². The lowest BCUT2D eigenvalue weighted by Crippen LogP contribution is -2.43. The third kappa shape index (κ3) is 5.66. The molecule has 0 saturated heterocycles. The van der Waals surface area contributed by atoms with Crippen molar-refractivity contribution in [1.29, 1.82) is 0 Å². The zero-order valence-corrected chi connectivity index (χ0v) is 17.2. The smallest absolute Gasteiger partial charge is 0.120 e. The maximum atomic E-state index is 5.96. The van der Waals surface area contributed by atoms with E-state index in [4.69, 9.17) is 4.74 Å². The Labute approximate surface area is 152 Å². The molecule has 0 atom stereocenters. The molecule has 0 radical (unpaired) electrons. The highest BCUT2D eigenvalue weighted by Gasteiger charge is 2.29. The van der Waals surface area contributed by atoms with Crippen LogP contribution in [0.4, 0.5) is 0 Å². The second kappa shape index (κ2) is 8.19. The van der Waals surface area contributed by atoms with Crippen molar-refractivity contribution < 1.29 is 4.74 Å². The molecule has 2 aromatic rings. The van der Waals surface area contributed by atoms with Crippen molar-refractivity contribution in [2.24, 2.45) is 0 Å². The van der Waals surface area contributed by atoms with Crippen LogP contribution in [-0.4, -0.2) is 20.3 Å². The van der Waals surface area contributed by atoms with Gasteiger partial charge in [-0.3, -0.25) is 0 Å². The van der Waals surface area contributed by atoms with Crippen LogP contribution >= 0.6 is 11.8 Å². The largest absolute Gasteiger partial charge is 0.372 e. The first-order valence-corrected chi connectivity index (χ1v) is 12.2. The van der Waals surface area contributed by atoms with Gasteiger partial charge in [0.1, 0.15) is 8.07 Å². The highest BCUT2D eigenvalue weighted by molar-refractivity contribution is 8.05. The van der Waals surface area contributed by atoms with E-state index in [1.54, 1.807) is 0 Å². The van der Waals surface area contributed by atoms with Gasteiger partial charge >= 0.3 is 0 Å². The third-order valence-corrected chi connectivity index (χ3v) is 9.81. The van der Waals surface area contributed by atoms with E-state index in [1.807, 2.05) is 11.8 Å². The summed E-state index contributed by atoms with van der Waals surface area (Å²) in [4.78, 5) is 1.29. The van der Waals surface area contributed by atoms with Crippen LogP contribution in [0.3, 0.4) is 0 Å². The summed E-state index contributed by atoms with van der Waals surface area (Å²) < 4.78 is 7.41. The maximum Gasteiger partial charge on any atom is 0.120 e. The second-order valence-corrected chi connectivity index (χ2v) is 13.2. The summed E-state index contributed by atoms with van der Waals surface area (Å²) in [5.74, 6) is 0. The summed E-state index contributed by atoms with van der Waals surface area (Å²) in [6, 6.07) is 21.5. The van der Waals surface area contributed by atoms with E-state index in [-0.39, 0.29) is 5.60 Å². The van der Waals surface area contributed by atoms with Crippen LogP contribution < -0.4 is 5.19 Å². The van der Waals surface area contributed by atoms with E-state index in [0.29, 0.717) is 6.61 Å². The minimum Gasteiger partial charge on any atom is -0.372 e. The van der Waals surface area contributed by atoms with Crippen molar-refractivity contribution in [2.45, 2.75) is 44.4 Å². The van der Waals surface area contributed by atoms with Gasteiger partial charge in [0.15, 0.2) is 0 Å². The average Bonchev–Trinajstić information content (AvgIpc) is 2.54. The first-order valence-electron chi connectivity index (χ1n) is 8.42. The van der Waals surface area contributed by atoms with Crippen molar-refractivity contribution in [3.63, 3.8) is 0 Å². The Balaban J connectivity index is 2.29. The van der Waals surface area contributed by atoms with E-state index in [0.717, 1.165) is 0 Å². The van der Waals surface area contributed by atoms with Crippen molar-refractivity contribution >= 4 is 25.0 Å². The molecule has 0 aliphatic carbocycles. The summed E-state index contributed by atoms with van der Waals surface area (Å²) in [5, 5.41) is 1.45. The summed E-state index contributed by atoms with van der Waals surface area (Å²) in [6.07, 6.45) is 2.29. The molecule has 2 aromatic carbocycles. The topological polar surface area (TPSA) is 9.23 Å². The van der Waals surface area contributed by atoms with Crippen molar-refractivity contribution in [3.8, 4) is 0 Å². The molecule has 3 heteroatoms. The fourth-order valence-corrected chi connectivity index (χ4v) is 6.73. The van der Waals surface area contributed by atoms with Crippen LogP contribution in [0.15, 0.2) is 76.2 Å². The Morgan fingerprint density at radius 1 is 0.958 bits per heavy atom. The normalized spacial score (nSPS) is 13.1. The molecule has 0 unspecified atom stereocenters. The molecule has 0 aliphatic heterocycles. The van der Waals surface area contributed by atoms with Gasteiger partial charge in [-0.2, -0.15) is 0 Å². The van der Waals surface area contributed by atoms with Gasteiger partial charge in [-0.1, -0.05) is 84.6 Å². The molecule has 0 aliphatic rings. The van der Waals surface area contributed by atoms with Gasteiger partial charge in [0, 0.05) is 4.90 Å². The Kier molecular flexibility index (Phi) is 6.50. The summed E-state index contributed by atoms with van der Waals surface area (Å²) >= 11 is 1.88. The molecule has 0 spiro atoms. The lowest BCUT2D eigenvalue weighted by atomic mass is 10.2. The number of thioether (sulfide) groups is 1. The molecule has 1 nitrogen and oxygen atoms in total. The third-order valence-electron chi connectivity index (χ3n) is 3.87. The molecule has 24 heavy (non-hydrogen) atoms. The number of ether oxygens (including phenoxy) is 1. The molecular formula is C21H28OSSi. The molecule has 0 amide bonds. The zero-order valence-electron chi connectivity index (χ0n) is 15.4. The van der Waals surface area contributed by atoms with E-state index >= 15 is 0 Å². The standard InChI is InChI=1S/C21H28OSSi/c1-21(2,3)22-17-16-20(23-18-12-8-6-9-13-18)24(4,5)19-14-10-7-11-15-19/h6-16H,17H2,1-5H3/b20-16+. The fraction of sp³-hybridized carbons (Fsp3) is 0.333. The van der Waals surface area contributed by atoms with Crippen LogP contribution in [0.1, 0.15) is 20.8 Å². The van der Waals surface area contributed by atoms with E-state index < -0.39 is 8.07 Å². The molecule has 0 heterocycles. The lowest BCUT2D eigenvalue weighted by Gasteiger charge is -2.27. The molecule has 0 bridgehead atoms. The molecule has 0 fully saturated rings. The quantitative estimate of drug-likeness (QED) is 0.490. The summed E-state index contributed by atoms with van der Waals surface area (Å²) in [6.45, 7) is 11.8. The predicted molar refractivity (Wildman–Crippen MR) is 110 cm³/mol. The Hall–Kier alpha value is -1.29. The number of rotatable bonds is 6. The Bertz CT molecular complexity index is 657. The van der Waals surface area contributed by atoms with E-state index in [2.05, 4.69) is 101 Å². The SMILES string of the molecule is CC(C)(C)OC/C=C(\Sc1ccccc1)[Si](C)(C)c1ccccc1. The number of benzene rings is 2. The van der Waals surface area contributed by atoms with E-state index in [1.165, 1.54) is 14.6 Å². The average molecular weight is 357 g/mol. The van der Waals surface area contributed by atoms with Gasteiger partial charge < -0.3 is 4.74 Å². The monoisotopic (exact) mass is 356 g/mol. The van der Waals surface area contributed by atoms with E-state index in [9.17, 15) is 0 Å². The summed E-state index contributed by atoms with van der Waals surface area (Å²) in [5.41, 5.74) is -0.114. The molecule has 128 valence electrons. The first-order chi connectivity index (χ1) is 11.3. The first kappa shape index (κ1) is 19.0. The van der Waals surface area contributed by atoms with Gasteiger partial charge in [-0.15, -0.1) is 0 Å². The van der Waals surface area contributed by atoms with Gasteiger partial charge in [-0.05, 0) is 37.4 Å². The van der Waals surface area contributed by atoms with Crippen molar-refractivity contribution in [3.05, 3.63) is 71.3 Å². The molecular weight excluding hydrogens is 328 g/mol. The summed E-state index contributed by atoms with van der Waals surface area (Å²) in [7, 11) is -1.74. The lowest BCUT2D eigenvalue weighted by molar-refractivity contribution is 0.0149. The maximum absolute atomic E-state index is 5.96. The predicted octanol–water partition coefficient (Wildman–Crippen LogP) is 5.63. The second-order valence-electron chi connectivity index (χ2n) is 7.40. The minimum atomic E-state index is -1.74. The molecule has 0 N–H and O–H groups in total. The van der Waals surface area contributed by atoms with Gasteiger partial charge in [0.2, 0.25) is 0 Å². The van der Waals surface area contributed by atoms with Gasteiger partial charge in [0.25, 0.3) is 0 Å². The molecule has 0 aromatic heterocycles. The van der Waals surface area contributed by atoms with Gasteiger partial charge in [0.05, 0.1) is 12.2 Å². The highest BCUT2D eigenvalue weighted by atomic mass is 32.2. The highest BCUT2D eigenvalue weighted by Crippen LogP contribution is 2.33. The zero-order chi connectivity index (χ0) is 17.6.